The number of urea groups is 1. The minimum Gasteiger partial charge on any atom is -0.326 e. The lowest BCUT2D eigenvalue weighted by atomic mass is 10.2. The smallest absolute Gasteiger partial charge is 0.326 e. The highest BCUT2D eigenvalue weighted by atomic mass is 35.5. The second kappa shape index (κ2) is 8.27. The van der Waals surface area contributed by atoms with Crippen molar-refractivity contribution < 1.29 is 18.0 Å². The molecular weight excluding hydrogens is 431 g/mol. The van der Waals surface area contributed by atoms with E-state index >= 15 is 0 Å². The van der Waals surface area contributed by atoms with Crippen molar-refractivity contribution >= 4 is 40.0 Å². The number of halogens is 4. The molecular formula is C21H15ClF3N5O. The third kappa shape index (κ3) is 4.61. The van der Waals surface area contributed by atoms with E-state index in [9.17, 15) is 18.0 Å². The molecule has 4 aromatic rings. The number of aromatic nitrogens is 3. The van der Waals surface area contributed by atoms with E-state index in [0.29, 0.717) is 17.7 Å². The standard InChI is InChI=1S/C21H15ClF3N5O/c22-16-5-4-14(10-15(16)21(23,24)25)28-20(31)29-17-2-1-3-18-19(17)27-12-30(18)11-13-6-8-26-9-7-13/h1-10,12H,11H2,(H2,28,29,31). The predicted octanol–water partition coefficient (Wildman–Crippen LogP) is 5.80. The lowest BCUT2D eigenvalue weighted by Crippen LogP contribution is -2.20. The van der Waals surface area contributed by atoms with Gasteiger partial charge in [0.15, 0.2) is 0 Å². The first-order valence-corrected chi connectivity index (χ1v) is 9.46. The molecule has 31 heavy (non-hydrogen) atoms. The fraction of sp³-hybridized carbons (Fsp3) is 0.0952. The van der Waals surface area contributed by atoms with E-state index in [1.54, 1.807) is 30.9 Å². The van der Waals surface area contributed by atoms with Crippen LogP contribution >= 0.6 is 11.6 Å². The van der Waals surface area contributed by atoms with E-state index < -0.39 is 22.8 Å². The van der Waals surface area contributed by atoms with Crippen molar-refractivity contribution in [1.29, 1.82) is 0 Å². The average Bonchev–Trinajstić information content (AvgIpc) is 3.13. The highest BCUT2D eigenvalue weighted by Crippen LogP contribution is 2.36. The van der Waals surface area contributed by atoms with Crippen molar-refractivity contribution in [3.05, 3.63) is 83.4 Å². The Kier molecular flexibility index (Phi) is 5.51. The summed E-state index contributed by atoms with van der Waals surface area (Å²) in [6.45, 7) is 0.569. The Balaban J connectivity index is 1.53. The molecule has 0 aliphatic heterocycles. The van der Waals surface area contributed by atoms with E-state index in [0.717, 1.165) is 23.2 Å². The van der Waals surface area contributed by atoms with Crippen LogP contribution in [0.2, 0.25) is 5.02 Å². The number of para-hydroxylation sites is 1. The molecule has 2 aromatic carbocycles. The van der Waals surface area contributed by atoms with Gasteiger partial charge in [-0.2, -0.15) is 13.2 Å². The van der Waals surface area contributed by atoms with Crippen LogP contribution in [0.5, 0.6) is 0 Å². The number of benzene rings is 2. The van der Waals surface area contributed by atoms with Crippen LogP contribution in [0.25, 0.3) is 11.0 Å². The van der Waals surface area contributed by atoms with Crippen LogP contribution in [-0.4, -0.2) is 20.6 Å². The highest BCUT2D eigenvalue weighted by Gasteiger charge is 2.33. The van der Waals surface area contributed by atoms with Gasteiger partial charge in [-0.15, -0.1) is 0 Å². The van der Waals surface area contributed by atoms with Gasteiger partial charge < -0.3 is 15.2 Å². The Morgan fingerprint density at radius 1 is 1.06 bits per heavy atom. The summed E-state index contributed by atoms with van der Waals surface area (Å²) in [5, 5.41) is 4.58. The summed E-state index contributed by atoms with van der Waals surface area (Å²) in [5.74, 6) is 0. The minimum atomic E-state index is -4.63. The van der Waals surface area contributed by atoms with Gasteiger partial charge in [0.05, 0.1) is 28.1 Å². The molecule has 0 aliphatic rings. The van der Waals surface area contributed by atoms with Crippen LogP contribution in [0.3, 0.4) is 0 Å². The molecule has 10 heteroatoms. The first-order valence-electron chi connectivity index (χ1n) is 9.09. The molecule has 4 rings (SSSR count). The molecule has 0 fully saturated rings. The topological polar surface area (TPSA) is 71.8 Å². The first-order chi connectivity index (χ1) is 14.8. The summed E-state index contributed by atoms with van der Waals surface area (Å²) in [6, 6.07) is 11.5. The van der Waals surface area contributed by atoms with Crippen LogP contribution in [-0.2, 0) is 12.7 Å². The number of hydrogen-bond donors (Lipinski definition) is 2. The van der Waals surface area contributed by atoms with Gasteiger partial charge in [-0.25, -0.2) is 9.78 Å². The number of nitrogens with zero attached hydrogens (tertiary/aromatic N) is 3. The van der Waals surface area contributed by atoms with Crippen molar-refractivity contribution in [2.24, 2.45) is 0 Å². The number of rotatable bonds is 4. The van der Waals surface area contributed by atoms with Crippen LogP contribution in [0.15, 0.2) is 67.3 Å². The van der Waals surface area contributed by atoms with Gasteiger partial charge in [-0.05, 0) is 48.0 Å². The lowest BCUT2D eigenvalue weighted by Gasteiger charge is -2.12. The number of fused-ring (bicyclic) bond motifs is 1. The number of hydrogen-bond acceptors (Lipinski definition) is 3. The summed E-state index contributed by atoms with van der Waals surface area (Å²) in [6.07, 6.45) is 0.431. The number of imidazole rings is 1. The average molecular weight is 446 g/mol. The fourth-order valence-corrected chi connectivity index (χ4v) is 3.33. The molecule has 0 saturated carbocycles. The molecule has 0 unspecified atom stereocenters. The Hall–Kier alpha value is -3.59. The normalized spacial score (nSPS) is 11.5. The van der Waals surface area contributed by atoms with E-state index in [4.69, 9.17) is 11.6 Å². The molecule has 158 valence electrons. The second-order valence-electron chi connectivity index (χ2n) is 6.67. The van der Waals surface area contributed by atoms with Crippen LogP contribution < -0.4 is 10.6 Å². The quantitative estimate of drug-likeness (QED) is 0.417. The van der Waals surface area contributed by atoms with Crippen molar-refractivity contribution in [1.82, 2.24) is 14.5 Å². The van der Waals surface area contributed by atoms with Crippen molar-refractivity contribution in [2.75, 3.05) is 10.6 Å². The van der Waals surface area contributed by atoms with Gasteiger partial charge >= 0.3 is 12.2 Å². The Morgan fingerprint density at radius 2 is 1.84 bits per heavy atom. The molecule has 0 bridgehead atoms. The third-order valence-corrected chi connectivity index (χ3v) is 4.86. The molecule has 2 heterocycles. The summed E-state index contributed by atoms with van der Waals surface area (Å²) in [7, 11) is 0. The van der Waals surface area contributed by atoms with Crippen molar-refractivity contribution in [2.45, 2.75) is 12.7 Å². The zero-order valence-corrected chi connectivity index (χ0v) is 16.6. The number of amides is 2. The number of nitrogens with one attached hydrogen (secondary N) is 2. The zero-order valence-electron chi connectivity index (χ0n) is 15.8. The minimum absolute atomic E-state index is 0.0374. The first kappa shape index (κ1) is 20.7. The predicted molar refractivity (Wildman–Crippen MR) is 112 cm³/mol. The second-order valence-corrected chi connectivity index (χ2v) is 7.08. The van der Waals surface area contributed by atoms with Crippen molar-refractivity contribution in [3.63, 3.8) is 0 Å². The molecule has 2 N–H and O–H groups in total. The van der Waals surface area contributed by atoms with Crippen molar-refractivity contribution in [3.8, 4) is 0 Å². The number of carbonyl (C=O) groups excluding carboxylic acids is 1. The van der Waals surface area contributed by atoms with Gasteiger partial charge in [-0.1, -0.05) is 17.7 Å². The summed E-state index contributed by atoms with van der Waals surface area (Å²) >= 11 is 5.61. The van der Waals surface area contributed by atoms with Gasteiger partial charge in [0.2, 0.25) is 0 Å². The number of pyridine rings is 1. The largest absolute Gasteiger partial charge is 0.417 e. The van der Waals surface area contributed by atoms with Crippen LogP contribution in [0, 0.1) is 0 Å². The molecule has 2 aromatic heterocycles. The van der Waals surface area contributed by atoms with E-state index in [1.807, 2.05) is 22.8 Å². The van der Waals surface area contributed by atoms with E-state index in [1.165, 1.54) is 6.07 Å². The summed E-state index contributed by atoms with van der Waals surface area (Å²) in [5.41, 5.74) is 1.75. The van der Waals surface area contributed by atoms with E-state index in [2.05, 4.69) is 20.6 Å². The summed E-state index contributed by atoms with van der Waals surface area (Å²) < 4.78 is 41.0. The monoisotopic (exact) mass is 445 g/mol. The molecule has 0 aliphatic carbocycles. The van der Waals surface area contributed by atoms with Gasteiger partial charge in [0.1, 0.15) is 5.52 Å². The molecule has 0 atom stereocenters. The Bertz CT molecular complexity index is 1240. The van der Waals surface area contributed by atoms with Crippen LogP contribution in [0.1, 0.15) is 11.1 Å². The molecule has 0 radical (unpaired) electrons. The van der Waals surface area contributed by atoms with Gasteiger partial charge in [0, 0.05) is 24.6 Å². The number of anilines is 2. The maximum Gasteiger partial charge on any atom is 0.417 e. The van der Waals surface area contributed by atoms with E-state index in [-0.39, 0.29) is 5.69 Å². The third-order valence-electron chi connectivity index (χ3n) is 4.53. The zero-order chi connectivity index (χ0) is 22.0. The molecule has 0 saturated heterocycles. The SMILES string of the molecule is O=C(Nc1ccc(Cl)c(C(F)(F)F)c1)Nc1cccc2c1ncn2Cc1ccncc1. The van der Waals surface area contributed by atoms with Crippen LogP contribution in [0.4, 0.5) is 29.3 Å². The Morgan fingerprint density at radius 3 is 2.58 bits per heavy atom. The fourth-order valence-electron chi connectivity index (χ4n) is 3.11. The van der Waals surface area contributed by atoms with Gasteiger partial charge in [0.25, 0.3) is 0 Å². The number of alkyl halides is 3. The molecule has 2 amide bonds. The lowest BCUT2D eigenvalue weighted by molar-refractivity contribution is -0.137. The van der Waals surface area contributed by atoms with Gasteiger partial charge in [-0.3, -0.25) is 4.98 Å². The molecule has 0 spiro atoms. The highest BCUT2D eigenvalue weighted by molar-refractivity contribution is 6.31. The maximum atomic E-state index is 13.0. The maximum absolute atomic E-state index is 13.0. The summed E-state index contributed by atoms with van der Waals surface area (Å²) in [4.78, 5) is 20.8. The molecule has 6 nitrogen and oxygen atoms in total. The number of carbonyl (C=O) groups is 1. The Labute approximate surface area is 179 Å².